The van der Waals surface area contributed by atoms with E-state index in [4.69, 9.17) is 0 Å². The normalized spacial score (nSPS) is 30.1. The largest absolute Gasteiger partial charge is 0.306 e. The molecule has 0 heterocycles. The van der Waals surface area contributed by atoms with E-state index in [-0.39, 0.29) is 5.54 Å². The first kappa shape index (κ1) is 16.8. The lowest BCUT2D eigenvalue weighted by Gasteiger charge is -2.31. The van der Waals surface area contributed by atoms with E-state index < -0.39 is 0 Å². The lowest BCUT2D eigenvalue weighted by Crippen LogP contribution is -2.48. The van der Waals surface area contributed by atoms with Gasteiger partial charge in [0, 0.05) is 6.54 Å². The molecule has 2 aliphatic rings. The van der Waals surface area contributed by atoms with Gasteiger partial charge in [-0.25, -0.2) is 0 Å². The van der Waals surface area contributed by atoms with Crippen molar-refractivity contribution in [1.82, 2.24) is 10.2 Å². The van der Waals surface area contributed by atoms with Crippen molar-refractivity contribution in [2.24, 2.45) is 11.8 Å². The SMILES string of the molecule is CCCNC1(C#N)CCCC1CCN(C)CC1CCCC1. The maximum atomic E-state index is 9.68. The first-order valence-corrected chi connectivity index (χ1v) is 9.05. The second kappa shape index (κ2) is 8.15. The molecule has 2 saturated carbocycles. The Morgan fingerprint density at radius 1 is 1.24 bits per heavy atom. The van der Waals surface area contributed by atoms with Gasteiger partial charge in [-0.15, -0.1) is 0 Å². The van der Waals surface area contributed by atoms with Crippen LogP contribution >= 0.6 is 0 Å². The minimum absolute atomic E-state index is 0.232. The van der Waals surface area contributed by atoms with Gasteiger partial charge in [0.15, 0.2) is 0 Å². The fourth-order valence-corrected chi connectivity index (χ4v) is 4.34. The average Bonchev–Trinajstić information content (AvgIpc) is 3.13. The third-order valence-electron chi connectivity index (χ3n) is 5.61. The van der Waals surface area contributed by atoms with Crippen LogP contribution in [0.3, 0.4) is 0 Å². The van der Waals surface area contributed by atoms with Crippen molar-refractivity contribution >= 4 is 0 Å². The van der Waals surface area contributed by atoms with Gasteiger partial charge in [-0.05, 0) is 70.5 Å². The highest BCUT2D eigenvalue weighted by Gasteiger charge is 2.42. The van der Waals surface area contributed by atoms with Crippen LogP contribution in [0.1, 0.15) is 64.7 Å². The summed E-state index contributed by atoms with van der Waals surface area (Å²) in [7, 11) is 2.26. The van der Waals surface area contributed by atoms with Gasteiger partial charge in [0.2, 0.25) is 0 Å². The summed E-state index contributed by atoms with van der Waals surface area (Å²) in [5.41, 5.74) is -0.232. The van der Waals surface area contributed by atoms with E-state index in [1.165, 1.54) is 51.5 Å². The Morgan fingerprint density at radius 2 is 2.00 bits per heavy atom. The van der Waals surface area contributed by atoms with Crippen molar-refractivity contribution in [1.29, 1.82) is 5.26 Å². The molecule has 3 nitrogen and oxygen atoms in total. The summed E-state index contributed by atoms with van der Waals surface area (Å²) < 4.78 is 0. The Bertz CT molecular complexity index is 343. The van der Waals surface area contributed by atoms with Gasteiger partial charge in [-0.1, -0.05) is 26.2 Å². The lowest BCUT2D eigenvalue weighted by atomic mass is 9.85. The smallest absolute Gasteiger partial charge is 0.109 e. The summed E-state index contributed by atoms with van der Waals surface area (Å²) in [6, 6.07) is 2.63. The Kier molecular flexibility index (Phi) is 6.51. The van der Waals surface area contributed by atoms with Crippen LogP contribution in [0.15, 0.2) is 0 Å². The third kappa shape index (κ3) is 4.44. The molecule has 2 fully saturated rings. The Balaban J connectivity index is 1.78. The van der Waals surface area contributed by atoms with E-state index in [1.807, 2.05) is 0 Å². The van der Waals surface area contributed by atoms with Gasteiger partial charge >= 0.3 is 0 Å². The maximum Gasteiger partial charge on any atom is 0.109 e. The van der Waals surface area contributed by atoms with Crippen LogP contribution in [0, 0.1) is 23.2 Å². The first-order valence-electron chi connectivity index (χ1n) is 9.05. The van der Waals surface area contributed by atoms with Gasteiger partial charge < -0.3 is 4.90 Å². The molecule has 0 aliphatic heterocycles. The van der Waals surface area contributed by atoms with Gasteiger partial charge in [0.25, 0.3) is 0 Å². The zero-order valence-corrected chi connectivity index (χ0v) is 14.0. The van der Waals surface area contributed by atoms with Crippen LogP contribution in [0.25, 0.3) is 0 Å². The molecule has 0 radical (unpaired) electrons. The molecular weight excluding hydrogens is 258 g/mol. The van der Waals surface area contributed by atoms with Crippen molar-refractivity contribution < 1.29 is 0 Å². The summed E-state index contributed by atoms with van der Waals surface area (Å²) in [5.74, 6) is 1.47. The van der Waals surface area contributed by atoms with Crippen LogP contribution < -0.4 is 5.32 Å². The monoisotopic (exact) mass is 291 g/mol. The molecule has 0 amide bonds. The fourth-order valence-electron chi connectivity index (χ4n) is 4.34. The highest BCUT2D eigenvalue weighted by Crippen LogP contribution is 2.37. The molecule has 2 rings (SSSR count). The predicted octanol–water partition coefficient (Wildman–Crippen LogP) is 3.56. The molecule has 0 aromatic carbocycles. The van der Waals surface area contributed by atoms with Crippen LogP contribution in [0.4, 0.5) is 0 Å². The van der Waals surface area contributed by atoms with E-state index in [9.17, 15) is 5.26 Å². The highest BCUT2D eigenvalue weighted by molar-refractivity contribution is 5.14. The molecule has 0 saturated heterocycles. The molecule has 1 N–H and O–H groups in total. The molecular formula is C18H33N3. The Hall–Kier alpha value is -0.590. The van der Waals surface area contributed by atoms with Crippen LogP contribution in [-0.2, 0) is 0 Å². The lowest BCUT2D eigenvalue weighted by molar-refractivity contribution is 0.228. The Morgan fingerprint density at radius 3 is 2.67 bits per heavy atom. The van der Waals surface area contributed by atoms with E-state index in [0.29, 0.717) is 5.92 Å². The number of nitrogens with one attached hydrogen (secondary N) is 1. The van der Waals surface area contributed by atoms with E-state index >= 15 is 0 Å². The summed E-state index contributed by atoms with van der Waals surface area (Å²) in [5, 5.41) is 13.2. The molecule has 0 aromatic heterocycles. The average molecular weight is 291 g/mol. The van der Waals surface area contributed by atoms with Crippen molar-refractivity contribution in [3.05, 3.63) is 0 Å². The maximum absolute atomic E-state index is 9.68. The zero-order chi connectivity index (χ0) is 15.1. The van der Waals surface area contributed by atoms with Crippen molar-refractivity contribution in [3.63, 3.8) is 0 Å². The van der Waals surface area contributed by atoms with Gasteiger partial charge in [0.1, 0.15) is 5.54 Å². The van der Waals surface area contributed by atoms with Crippen molar-refractivity contribution in [2.45, 2.75) is 70.3 Å². The van der Waals surface area contributed by atoms with Crippen LogP contribution in [-0.4, -0.2) is 37.1 Å². The van der Waals surface area contributed by atoms with E-state index in [0.717, 1.165) is 31.8 Å². The molecule has 2 atom stereocenters. The molecule has 0 bridgehead atoms. The predicted molar refractivity (Wildman–Crippen MR) is 88.1 cm³/mol. The van der Waals surface area contributed by atoms with Crippen LogP contribution in [0.5, 0.6) is 0 Å². The summed E-state index contributed by atoms with van der Waals surface area (Å²) in [6.07, 6.45) is 11.5. The molecule has 2 unspecified atom stereocenters. The molecule has 0 spiro atoms. The third-order valence-corrected chi connectivity index (χ3v) is 5.61. The quantitative estimate of drug-likeness (QED) is 0.743. The summed E-state index contributed by atoms with van der Waals surface area (Å²) in [4.78, 5) is 2.51. The van der Waals surface area contributed by atoms with E-state index in [2.05, 4.69) is 30.3 Å². The first-order chi connectivity index (χ1) is 10.2. The highest BCUT2D eigenvalue weighted by atomic mass is 15.1. The molecule has 0 aromatic rings. The summed E-state index contributed by atoms with van der Waals surface area (Å²) in [6.45, 7) is 5.56. The number of hydrogen-bond donors (Lipinski definition) is 1. The topological polar surface area (TPSA) is 39.1 Å². The summed E-state index contributed by atoms with van der Waals surface area (Å²) >= 11 is 0. The van der Waals surface area contributed by atoms with Gasteiger partial charge in [0.05, 0.1) is 6.07 Å². The van der Waals surface area contributed by atoms with Crippen molar-refractivity contribution in [3.8, 4) is 6.07 Å². The molecule has 120 valence electrons. The van der Waals surface area contributed by atoms with E-state index in [1.54, 1.807) is 0 Å². The van der Waals surface area contributed by atoms with Crippen molar-refractivity contribution in [2.75, 3.05) is 26.7 Å². The zero-order valence-electron chi connectivity index (χ0n) is 14.0. The number of rotatable bonds is 8. The van der Waals surface area contributed by atoms with Crippen LogP contribution in [0.2, 0.25) is 0 Å². The number of hydrogen-bond acceptors (Lipinski definition) is 3. The second-order valence-corrected chi connectivity index (χ2v) is 7.30. The fraction of sp³-hybridized carbons (Fsp3) is 0.944. The van der Waals surface area contributed by atoms with Gasteiger partial charge in [-0.2, -0.15) is 5.26 Å². The standard InChI is InChI=1S/C18H33N3/c1-3-12-20-18(15-19)11-6-9-17(18)10-13-21(2)14-16-7-4-5-8-16/h16-17,20H,3-14H2,1-2H3. The molecule has 21 heavy (non-hydrogen) atoms. The minimum Gasteiger partial charge on any atom is -0.306 e. The van der Waals surface area contributed by atoms with Gasteiger partial charge in [-0.3, -0.25) is 5.32 Å². The molecule has 2 aliphatic carbocycles. The second-order valence-electron chi connectivity index (χ2n) is 7.30. The Labute approximate surface area is 131 Å². The minimum atomic E-state index is -0.232. The molecule has 3 heteroatoms. The number of nitriles is 1. The number of nitrogens with zero attached hydrogens (tertiary/aromatic N) is 2.